The topological polar surface area (TPSA) is 84.0 Å². The Labute approximate surface area is 152 Å². The second-order valence-corrected chi connectivity index (χ2v) is 8.43. The molecule has 1 aliphatic rings. The molecule has 1 heterocycles. The van der Waals surface area contributed by atoms with Crippen molar-refractivity contribution in [3.05, 3.63) is 35.6 Å². The smallest absolute Gasteiger partial charge is 0.320 e. The summed E-state index contributed by atoms with van der Waals surface area (Å²) in [5, 5.41) is 0. The quantitative estimate of drug-likeness (QED) is 0.633. The third kappa shape index (κ3) is 6.38. The number of carbonyl (C=O) groups is 2. The van der Waals surface area contributed by atoms with E-state index in [1.54, 1.807) is 24.0 Å². The zero-order chi connectivity index (χ0) is 19.2. The molecule has 1 aromatic carbocycles. The minimum atomic E-state index is -3.01. The van der Waals surface area contributed by atoms with Crippen LogP contribution in [0.2, 0.25) is 0 Å². The maximum atomic E-state index is 13.2. The van der Waals surface area contributed by atoms with Crippen molar-refractivity contribution in [2.75, 3.05) is 44.3 Å². The number of amides is 1. The van der Waals surface area contributed by atoms with Crippen molar-refractivity contribution in [2.45, 2.75) is 13.5 Å². The van der Waals surface area contributed by atoms with Crippen LogP contribution in [0.15, 0.2) is 24.3 Å². The lowest BCUT2D eigenvalue weighted by Crippen LogP contribution is -2.43. The standard InChI is InChI=1S/C17H23FN2O5S/c1-2-20(11-14-4-3-5-15(18)10-14)16(21)13-25-17(22)12-19-6-8-26(23,24)9-7-19/h3-5,10H,2,6-9,11-13H2,1H3. The van der Waals surface area contributed by atoms with Gasteiger partial charge in [-0.15, -0.1) is 0 Å². The Morgan fingerprint density at radius 3 is 2.58 bits per heavy atom. The van der Waals surface area contributed by atoms with E-state index in [0.29, 0.717) is 12.1 Å². The lowest BCUT2D eigenvalue weighted by Gasteiger charge is -2.25. The van der Waals surface area contributed by atoms with Crippen LogP contribution in [0.4, 0.5) is 4.39 Å². The summed E-state index contributed by atoms with van der Waals surface area (Å²) in [6.07, 6.45) is 0. The number of halogens is 1. The molecule has 0 bridgehead atoms. The lowest BCUT2D eigenvalue weighted by atomic mass is 10.2. The van der Waals surface area contributed by atoms with Crippen LogP contribution in [0.5, 0.6) is 0 Å². The number of likely N-dealkylation sites (N-methyl/N-ethyl adjacent to an activating group) is 1. The van der Waals surface area contributed by atoms with Gasteiger partial charge in [-0.05, 0) is 24.6 Å². The Morgan fingerprint density at radius 2 is 1.96 bits per heavy atom. The van der Waals surface area contributed by atoms with Crippen LogP contribution in [0.25, 0.3) is 0 Å². The Bertz CT molecular complexity index is 739. The van der Waals surface area contributed by atoms with Crippen LogP contribution in [0, 0.1) is 5.82 Å². The summed E-state index contributed by atoms with van der Waals surface area (Å²) in [4.78, 5) is 27.2. The molecule has 1 aromatic rings. The molecule has 1 saturated heterocycles. The number of carbonyl (C=O) groups excluding carboxylic acids is 2. The molecule has 0 atom stereocenters. The molecule has 0 aromatic heterocycles. The van der Waals surface area contributed by atoms with Gasteiger partial charge in [0.2, 0.25) is 0 Å². The number of rotatable bonds is 7. The minimum Gasteiger partial charge on any atom is -0.455 e. The Kier molecular flexibility index (Phi) is 7.10. The summed E-state index contributed by atoms with van der Waals surface area (Å²) in [6, 6.07) is 5.97. The summed E-state index contributed by atoms with van der Waals surface area (Å²) in [5.41, 5.74) is 0.654. The molecule has 9 heteroatoms. The third-order valence-corrected chi connectivity index (χ3v) is 5.75. The number of nitrogens with zero attached hydrogens (tertiary/aromatic N) is 2. The van der Waals surface area contributed by atoms with Crippen molar-refractivity contribution in [3.63, 3.8) is 0 Å². The molecule has 0 unspecified atom stereocenters. The molecule has 144 valence electrons. The van der Waals surface area contributed by atoms with Gasteiger partial charge in [0.25, 0.3) is 5.91 Å². The highest BCUT2D eigenvalue weighted by molar-refractivity contribution is 7.91. The molecular formula is C17H23FN2O5S. The average Bonchev–Trinajstić information content (AvgIpc) is 2.59. The number of hydrogen-bond donors (Lipinski definition) is 0. The fraction of sp³-hybridized carbons (Fsp3) is 0.529. The van der Waals surface area contributed by atoms with E-state index >= 15 is 0 Å². The van der Waals surface area contributed by atoms with Gasteiger partial charge in [-0.3, -0.25) is 14.5 Å². The van der Waals surface area contributed by atoms with Crippen molar-refractivity contribution in [3.8, 4) is 0 Å². The first-order valence-corrected chi connectivity index (χ1v) is 10.2. The van der Waals surface area contributed by atoms with Crippen LogP contribution in [-0.2, 0) is 30.7 Å². The van der Waals surface area contributed by atoms with Gasteiger partial charge >= 0.3 is 5.97 Å². The van der Waals surface area contributed by atoms with Crippen molar-refractivity contribution in [2.24, 2.45) is 0 Å². The normalized spacial score (nSPS) is 16.8. The molecule has 0 radical (unpaired) electrons. The van der Waals surface area contributed by atoms with E-state index in [9.17, 15) is 22.4 Å². The van der Waals surface area contributed by atoms with Gasteiger partial charge in [0.1, 0.15) is 5.82 Å². The van der Waals surface area contributed by atoms with Crippen molar-refractivity contribution in [1.82, 2.24) is 9.80 Å². The van der Waals surface area contributed by atoms with E-state index in [-0.39, 0.29) is 49.4 Å². The Morgan fingerprint density at radius 1 is 1.27 bits per heavy atom. The van der Waals surface area contributed by atoms with E-state index < -0.39 is 22.4 Å². The SMILES string of the molecule is CCN(Cc1cccc(F)c1)C(=O)COC(=O)CN1CCS(=O)(=O)CC1. The number of benzene rings is 1. The van der Waals surface area contributed by atoms with Gasteiger partial charge in [-0.2, -0.15) is 0 Å². The maximum absolute atomic E-state index is 13.2. The molecule has 26 heavy (non-hydrogen) atoms. The van der Waals surface area contributed by atoms with Crippen LogP contribution in [0.3, 0.4) is 0 Å². The molecule has 1 fully saturated rings. The molecule has 0 N–H and O–H groups in total. The molecule has 0 spiro atoms. The summed E-state index contributed by atoms with van der Waals surface area (Å²) >= 11 is 0. The first-order chi connectivity index (χ1) is 12.3. The van der Waals surface area contributed by atoms with E-state index in [1.807, 2.05) is 0 Å². The predicted octanol–water partition coefficient (Wildman–Crippen LogP) is 0.448. The summed E-state index contributed by atoms with van der Waals surface area (Å²) in [7, 11) is -3.01. The van der Waals surface area contributed by atoms with Crippen LogP contribution in [-0.4, -0.2) is 74.4 Å². The van der Waals surface area contributed by atoms with Gasteiger partial charge in [-0.25, -0.2) is 12.8 Å². The van der Waals surface area contributed by atoms with Crippen LogP contribution >= 0.6 is 0 Å². The van der Waals surface area contributed by atoms with Crippen LogP contribution in [0.1, 0.15) is 12.5 Å². The molecular weight excluding hydrogens is 363 g/mol. The van der Waals surface area contributed by atoms with E-state index in [1.165, 1.54) is 17.0 Å². The fourth-order valence-electron chi connectivity index (χ4n) is 2.60. The molecule has 1 amide bonds. The molecule has 1 aliphatic heterocycles. The average molecular weight is 386 g/mol. The highest BCUT2D eigenvalue weighted by Gasteiger charge is 2.24. The number of sulfone groups is 1. The fourth-order valence-corrected chi connectivity index (χ4v) is 3.88. The molecule has 0 saturated carbocycles. The first-order valence-electron chi connectivity index (χ1n) is 8.39. The summed E-state index contributed by atoms with van der Waals surface area (Å²) < 4.78 is 41.0. The second-order valence-electron chi connectivity index (χ2n) is 6.13. The van der Waals surface area contributed by atoms with Gasteiger partial charge in [0.15, 0.2) is 16.4 Å². The van der Waals surface area contributed by atoms with Gasteiger partial charge in [0, 0.05) is 26.2 Å². The number of ether oxygens (including phenoxy) is 1. The molecule has 0 aliphatic carbocycles. The predicted molar refractivity (Wildman–Crippen MR) is 93.5 cm³/mol. The van der Waals surface area contributed by atoms with Gasteiger partial charge in [0.05, 0.1) is 18.1 Å². The van der Waals surface area contributed by atoms with E-state index in [4.69, 9.17) is 4.74 Å². The summed E-state index contributed by atoms with van der Waals surface area (Å²) in [5.74, 6) is -1.26. The highest BCUT2D eigenvalue weighted by atomic mass is 32.2. The summed E-state index contributed by atoms with van der Waals surface area (Å²) in [6.45, 7) is 2.55. The maximum Gasteiger partial charge on any atom is 0.320 e. The second kappa shape index (κ2) is 9.09. The largest absolute Gasteiger partial charge is 0.455 e. The van der Waals surface area contributed by atoms with Crippen LogP contribution < -0.4 is 0 Å². The molecule has 7 nitrogen and oxygen atoms in total. The minimum absolute atomic E-state index is 0.0243. The molecule has 2 rings (SSSR count). The number of hydrogen-bond acceptors (Lipinski definition) is 6. The third-order valence-electron chi connectivity index (χ3n) is 4.14. The van der Waals surface area contributed by atoms with Crippen molar-refractivity contribution < 1.29 is 27.1 Å². The van der Waals surface area contributed by atoms with E-state index in [0.717, 1.165) is 0 Å². The first kappa shape index (κ1) is 20.3. The van der Waals surface area contributed by atoms with E-state index in [2.05, 4.69) is 0 Å². The van der Waals surface area contributed by atoms with Gasteiger partial charge in [-0.1, -0.05) is 12.1 Å². The Hall–Kier alpha value is -2.00. The zero-order valence-corrected chi connectivity index (χ0v) is 15.5. The van der Waals surface area contributed by atoms with Crippen molar-refractivity contribution in [1.29, 1.82) is 0 Å². The zero-order valence-electron chi connectivity index (χ0n) is 14.7. The lowest BCUT2D eigenvalue weighted by molar-refractivity contribution is -0.153. The van der Waals surface area contributed by atoms with Gasteiger partial charge < -0.3 is 9.64 Å². The highest BCUT2D eigenvalue weighted by Crippen LogP contribution is 2.08. The van der Waals surface area contributed by atoms with Crippen molar-refractivity contribution >= 4 is 21.7 Å². The number of esters is 1. The monoisotopic (exact) mass is 386 g/mol. The Balaban J connectivity index is 1.78.